The zero-order valence-corrected chi connectivity index (χ0v) is 8.56. The Hall–Kier alpha value is -0.390. The molecular weight excluding hydrogens is 242 g/mol. The second-order valence-corrected chi connectivity index (χ2v) is 4.14. The number of carbonyl (C=O) groups is 1. The largest absolute Gasteiger partial charge is 0.481 e. The van der Waals surface area contributed by atoms with Gasteiger partial charge in [-0.05, 0) is 27.4 Å². The maximum absolute atomic E-state index is 10.3. The minimum absolute atomic E-state index is 0.0287. The lowest BCUT2D eigenvalue weighted by molar-refractivity contribution is -0.137. The van der Waals surface area contributed by atoms with Crippen LogP contribution in [0.2, 0.25) is 0 Å². The number of carboxylic acid groups (broad SMARTS) is 1. The molecule has 12 heavy (non-hydrogen) atoms. The average molecular weight is 250 g/mol. The fourth-order valence-electron chi connectivity index (χ4n) is 0.851. The Morgan fingerprint density at radius 1 is 1.83 bits per heavy atom. The lowest BCUT2D eigenvalue weighted by Crippen LogP contribution is -2.13. The van der Waals surface area contributed by atoms with Crippen LogP contribution in [-0.4, -0.2) is 11.1 Å². The summed E-state index contributed by atoms with van der Waals surface area (Å²) < 4.78 is 0.890. The SMILES string of the molecule is NC(CC(=O)O)c1sccc1Br. The summed E-state index contributed by atoms with van der Waals surface area (Å²) in [5, 5.41) is 10.4. The molecule has 3 N–H and O–H groups in total. The van der Waals surface area contributed by atoms with Gasteiger partial charge in [-0.15, -0.1) is 11.3 Å². The van der Waals surface area contributed by atoms with Crippen molar-refractivity contribution >= 4 is 33.2 Å². The van der Waals surface area contributed by atoms with Crippen LogP contribution in [0.3, 0.4) is 0 Å². The second kappa shape index (κ2) is 4.02. The van der Waals surface area contributed by atoms with Gasteiger partial charge in [-0.3, -0.25) is 4.79 Å². The first-order valence-electron chi connectivity index (χ1n) is 3.31. The summed E-state index contributed by atoms with van der Waals surface area (Å²) >= 11 is 4.76. The van der Waals surface area contributed by atoms with Crippen molar-refractivity contribution in [2.75, 3.05) is 0 Å². The summed E-state index contributed by atoms with van der Waals surface area (Å²) in [5.74, 6) is -0.872. The summed E-state index contributed by atoms with van der Waals surface area (Å²) in [6.45, 7) is 0. The van der Waals surface area contributed by atoms with E-state index < -0.39 is 12.0 Å². The molecule has 1 unspecified atom stereocenters. The van der Waals surface area contributed by atoms with Crippen molar-refractivity contribution in [3.63, 3.8) is 0 Å². The van der Waals surface area contributed by atoms with Crippen molar-refractivity contribution in [1.29, 1.82) is 0 Å². The monoisotopic (exact) mass is 249 g/mol. The van der Waals surface area contributed by atoms with Crippen LogP contribution in [0, 0.1) is 0 Å². The zero-order chi connectivity index (χ0) is 9.14. The molecule has 0 fully saturated rings. The molecule has 0 bridgehead atoms. The number of nitrogens with two attached hydrogens (primary N) is 1. The molecule has 0 aliphatic rings. The number of carboxylic acids is 1. The fourth-order valence-corrected chi connectivity index (χ4v) is 2.52. The molecule has 5 heteroatoms. The lowest BCUT2D eigenvalue weighted by atomic mass is 10.2. The smallest absolute Gasteiger partial charge is 0.305 e. The van der Waals surface area contributed by atoms with Gasteiger partial charge in [0.15, 0.2) is 0 Å². The Labute approximate surface area is 82.3 Å². The highest BCUT2D eigenvalue weighted by Crippen LogP contribution is 2.29. The number of thiophene rings is 1. The predicted molar refractivity (Wildman–Crippen MR) is 51.2 cm³/mol. The van der Waals surface area contributed by atoms with Gasteiger partial charge in [0.25, 0.3) is 0 Å². The number of halogens is 1. The van der Waals surface area contributed by atoms with Gasteiger partial charge >= 0.3 is 5.97 Å². The number of rotatable bonds is 3. The molecule has 0 radical (unpaired) electrons. The molecule has 0 aromatic carbocycles. The molecule has 3 nitrogen and oxygen atoms in total. The molecule has 1 heterocycles. The third-order valence-electron chi connectivity index (χ3n) is 1.38. The highest BCUT2D eigenvalue weighted by Gasteiger charge is 2.14. The molecule has 0 aliphatic heterocycles. The van der Waals surface area contributed by atoms with Crippen LogP contribution in [0.15, 0.2) is 15.9 Å². The third kappa shape index (κ3) is 2.30. The summed E-state index contributed by atoms with van der Waals surface area (Å²) in [4.78, 5) is 11.2. The Balaban J connectivity index is 2.71. The van der Waals surface area contributed by atoms with E-state index in [4.69, 9.17) is 10.8 Å². The number of hydrogen-bond donors (Lipinski definition) is 2. The highest BCUT2D eigenvalue weighted by molar-refractivity contribution is 9.10. The van der Waals surface area contributed by atoms with Crippen LogP contribution in [0.25, 0.3) is 0 Å². The van der Waals surface area contributed by atoms with E-state index in [1.54, 1.807) is 0 Å². The third-order valence-corrected chi connectivity index (χ3v) is 3.38. The Kier molecular flexibility index (Phi) is 3.25. The maximum atomic E-state index is 10.3. The van der Waals surface area contributed by atoms with E-state index >= 15 is 0 Å². The summed E-state index contributed by atoms with van der Waals surface area (Å²) in [6.07, 6.45) is -0.0287. The van der Waals surface area contributed by atoms with Crippen molar-refractivity contribution in [3.8, 4) is 0 Å². The molecule has 0 saturated carbocycles. The van der Waals surface area contributed by atoms with Gasteiger partial charge in [0, 0.05) is 9.35 Å². The molecule has 1 aromatic rings. The van der Waals surface area contributed by atoms with Crippen LogP contribution in [0.1, 0.15) is 17.3 Å². The highest BCUT2D eigenvalue weighted by atomic mass is 79.9. The van der Waals surface area contributed by atoms with Crippen LogP contribution in [0.4, 0.5) is 0 Å². The fraction of sp³-hybridized carbons (Fsp3) is 0.286. The predicted octanol–water partition coefficient (Wildman–Crippen LogP) is 1.99. The zero-order valence-electron chi connectivity index (χ0n) is 6.16. The average Bonchev–Trinajstić information content (AvgIpc) is 2.33. The molecular formula is C7H8BrNO2S. The van der Waals surface area contributed by atoms with Gasteiger partial charge in [-0.2, -0.15) is 0 Å². The lowest BCUT2D eigenvalue weighted by Gasteiger charge is -2.06. The van der Waals surface area contributed by atoms with Crippen LogP contribution in [-0.2, 0) is 4.79 Å². The standard InChI is InChI=1S/C7H8BrNO2S/c8-4-1-2-12-7(4)5(9)3-6(10)11/h1-2,5H,3,9H2,(H,10,11). The number of aliphatic carboxylic acids is 1. The van der Waals surface area contributed by atoms with E-state index in [1.807, 2.05) is 11.4 Å². The van der Waals surface area contributed by atoms with Crippen molar-refractivity contribution < 1.29 is 9.90 Å². The minimum atomic E-state index is -0.872. The van der Waals surface area contributed by atoms with E-state index in [2.05, 4.69) is 15.9 Å². The van der Waals surface area contributed by atoms with E-state index in [0.717, 1.165) is 9.35 Å². The quantitative estimate of drug-likeness (QED) is 0.862. The van der Waals surface area contributed by atoms with E-state index in [9.17, 15) is 4.79 Å². The van der Waals surface area contributed by atoms with Crippen molar-refractivity contribution in [3.05, 3.63) is 20.8 Å². The van der Waals surface area contributed by atoms with Crippen LogP contribution in [0.5, 0.6) is 0 Å². The first-order chi connectivity index (χ1) is 5.61. The van der Waals surface area contributed by atoms with E-state index in [-0.39, 0.29) is 6.42 Å². The van der Waals surface area contributed by atoms with Crippen molar-refractivity contribution in [1.82, 2.24) is 0 Å². The van der Waals surface area contributed by atoms with E-state index in [1.165, 1.54) is 11.3 Å². The van der Waals surface area contributed by atoms with Crippen LogP contribution < -0.4 is 5.73 Å². The topological polar surface area (TPSA) is 63.3 Å². The molecule has 1 rings (SSSR count). The molecule has 0 aliphatic carbocycles. The second-order valence-electron chi connectivity index (χ2n) is 2.34. The van der Waals surface area contributed by atoms with Gasteiger partial charge in [0.05, 0.1) is 12.5 Å². The summed E-state index contributed by atoms with van der Waals surface area (Å²) in [5.41, 5.74) is 5.64. The molecule has 1 atom stereocenters. The first-order valence-corrected chi connectivity index (χ1v) is 4.99. The van der Waals surface area contributed by atoms with Gasteiger partial charge in [-0.1, -0.05) is 0 Å². The van der Waals surface area contributed by atoms with Crippen LogP contribution >= 0.6 is 27.3 Å². The Bertz CT molecular complexity index is 287. The van der Waals surface area contributed by atoms with Crippen molar-refractivity contribution in [2.24, 2.45) is 5.73 Å². The van der Waals surface area contributed by atoms with Gasteiger partial charge in [0.2, 0.25) is 0 Å². The normalized spacial score (nSPS) is 12.8. The first kappa shape index (κ1) is 9.70. The van der Waals surface area contributed by atoms with Gasteiger partial charge in [0.1, 0.15) is 0 Å². The number of hydrogen-bond acceptors (Lipinski definition) is 3. The summed E-state index contributed by atoms with van der Waals surface area (Å²) in [6, 6.07) is 1.46. The molecule has 1 aromatic heterocycles. The van der Waals surface area contributed by atoms with E-state index in [0.29, 0.717) is 0 Å². The molecule has 0 saturated heterocycles. The minimum Gasteiger partial charge on any atom is -0.481 e. The molecule has 66 valence electrons. The Morgan fingerprint density at radius 2 is 2.50 bits per heavy atom. The summed E-state index contributed by atoms with van der Waals surface area (Å²) in [7, 11) is 0. The molecule has 0 amide bonds. The Morgan fingerprint density at radius 3 is 2.92 bits per heavy atom. The maximum Gasteiger partial charge on any atom is 0.305 e. The van der Waals surface area contributed by atoms with Gasteiger partial charge < -0.3 is 10.8 Å². The van der Waals surface area contributed by atoms with Gasteiger partial charge in [-0.25, -0.2) is 0 Å². The van der Waals surface area contributed by atoms with Crippen molar-refractivity contribution in [2.45, 2.75) is 12.5 Å². The molecule has 0 spiro atoms.